The Hall–Kier alpha value is -2.34. The van der Waals surface area contributed by atoms with E-state index in [0.717, 1.165) is 18.5 Å². The van der Waals surface area contributed by atoms with Gasteiger partial charge in [0.25, 0.3) is 0 Å². The Balaban J connectivity index is 1.83. The van der Waals surface area contributed by atoms with E-state index in [0.29, 0.717) is 23.8 Å². The summed E-state index contributed by atoms with van der Waals surface area (Å²) in [5, 5.41) is 2.97. The highest BCUT2D eigenvalue weighted by molar-refractivity contribution is 6.31. The highest BCUT2D eigenvalue weighted by atomic mass is 35.5. The van der Waals surface area contributed by atoms with E-state index >= 15 is 0 Å². The number of pyridine rings is 1. The first-order valence-electron chi connectivity index (χ1n) is 7.94. The number of hydrogen-bond acceptors (Lipinski definition) is 3. The monoisotopic (exact) mass is 346 g/mol. The quantitative estimate of drug-likeness (QED) is 0.866. The van der Waals surface area contributed by atoms with Gasteiger partial charge in [0.05, 0.1) is 5.69 Å². The summed E-state index contributed by atoms with van der Waals surface area (Å²) in [6.07, 6.45) is 7.50. The van der Waals surface area contributed by atoms with Gasteiger partial charge in [0.15, 0.2) is 5.15 Å². The third kappa shape index (κ3) is 3.14. The number of likely N-dealkylation sites (tertiary alicyclic amines) is 1. The maximum Gasteiger partial charge on any atom is 0.247 e. The van der Waals surface area contributed by atoms with E-state index < -0.39 is 6.04 Å². The topological polar surface area (TPSA) is 66.7 Å². The largest absolute Gasteiger partial charge is 0.357 e. The van der Waals surface area contributed by atoms with Gasteiger partial charge < -0.3 is 10.2 Å². The number of rotatable bonds is 3. The molecule has 2 aromatic heterocycles. The van der Waals surface area contributed by atoms with Gasteiger partial charge in [0.1, 0.15) is 11.7 Å². The van der Waals surface area contributed by atoms with Gasteiger partial charge >= 0.3 is 0 Å². The zero-order chi connectivity index (χ0) is 17.1. The molecule has 1 N–H and O–H groups in total. The Morgan fingerprint density at radius 3 is 3.00 bits per heavy atom. The maximum absolute atomic E-state index is 12.6. The van der Waals surface area contributed by atoms with E-state index in [2.05, 4.69) is 10.3 Å². The molecule has 6 nitrogen and oxygen atoms in total. The van der Waals surface area contributed by atoms with Crippen LogP contribution in [-0.4, -0.2) is 45.7 Å². The normalized spacial score (nSPS) is 18.2. The predicted molar refractivity (Wildman–Crippen MR) is 92.7 cm³/mol. The fourth-order valence-corrected chi connectivity index (χ4v) is 3.26. The highest BCUT2D eigenvalue weighted by Gasteiger charge is 2.30. The molecule has 1 unspecified atom stereocenters. The standard InChI is InChI=1S/C17H19ClN4O2/c1-19-17(24)13-6-2-4-11-22(13)15(23)9-8-12-16(18)20-14-7-3-5-10-21(12)14/h3,5,7-10,13H,2,4,6,11H2,1H3,(H,19,24)/b9-8+. The number of aromatic nitrogens is 2. The first kappa shape index (κ1) is 16.5. The lowest BCUT2D eigenvalue weighted by atomic mass is 10.0. The van der Waals surface area contributed by atoms with Crippen LogP contribution in [0.1, 0.15) is 25.0 Å². The number of amides is 2. The van der Waals surface area contributed by atoms with Crippen molar-refractivity contribution in [2.24, 2.45) is 0 Å². The number of likely N-dealkylation sites (N-methyl/N-ethyl adjacent to an activating group) is 1. The summed E-state index contributed by atoms with van der Waals surface area (Å²) < 4.78 is 1.82. The molecular weight excluding hydrogens is 328 g/mol. The van der Waals surface area contributed by atoms with Crippen LogP contribution in [0.25, 0.3) is 11.7 Å². The van der Waals surface area contributed by atoms with Crippen LogP contribution in [0.15, 0.2) is 30.5 Å². The van der Waals surface area contributed by atoms with Crippen molar-refractivity contribution in [2.75, 3.05) is 13.6 Å². The van der Waals surface area contributed by atoms with Crippen molar-refractivity contribution in [3.63, 3.8) is 0 Å². The van der Waals surface area contributed by atoms with Crippen molar-refractivity contribution < 1.29 is 9.59 Å². The first-order valence-corrected chi connectivity index (χ1v) is 8.32. The number of nitrogens with one attached hydrogen (secondary N) is 1. The average Bonchev–Trinajstić information content (AvgIpc) is 2.94. The Morgan fingerprint density at radius 2 is 2.21 bits per heavy atom. The second-order valence-electron chi connectivity index (χ2n) is 5.71. The Kier molecular flexibility index (Phi) is 4.85. The summed E-state index contributed by atoms with van der Waals surface area (Å²) in [6, 6.07) is 5.19. The number of carbonyl (C=O) groups excluding carboxylic acids is 2. The number of imidazole rings is 1. The van der Waals surface area contributed by atoms with Crippen LogP contribution in [0.4, 0.5) is 0 Å². The first-order chi connectivity index (χ1) is 11.6. The number of hydrogen-bond donors (Lipinski definition) is 1. The summed E-state index contributed by atoms with van der Waals surface area (Å²) in [4.78, 5) is 30.4. The van der Waals surface area contributed by atoms with Crippen molar-refractivity contribution in [3.05, 3.63) is 41.3 Å². The molecule has 0 aliphatic carbocycles. The third-order valence-electron chi connectivity index (χ3n) is 4.24. The predicted octanol–water partition coefficient (Wildman–Crippen LogP) is 2.13. The molecule has 7 heteroatoms. The summed E-state index contributed by atoms with van der Waals surface area (Å²) in [6.45, 7) is 0.585. The summed E-state index contributed by atoms with van der Waals surface area (Å²) in [7, 11) is 1.59. The van der Waals surface area contributed by atoms with E-state index in [1.54, 1.807) is 18.0 Å². The molecule has 3 heterocycles. The van der Waals surface area contributed by atoms with E-state index in [4.69, 9.17) is 11.6 Å². The molecule has 1 fully saturated rings. The highest BCUT2D eigenvalue weighted by Crippen LogP contribution is 2.21. The fourth-order valence-electron chi connectivity index (χ4n) is 3.02. The van der Waals surface area contributed by atoms with Gasteiger partial charge in [-0.15, -0.1) is 0 Å². The smallest absolute Gasteiger partial charge is 0.247 e. The van der Waals surface area contributed by atoms with Crippen molar-refractivity contribution in [1.82, 2.24) is 19.6 Å². The molecule has 0 radical (unpaired) electrons. The SMILES string of the molecule is CNC(=O)C1CCCCN1C(=O)/C=C/c1c(Cl)nc2ccccn12. The molecule has 2 aromatic rings. The van der Waals surface area contributed by atoms with Crippen molar-refractivity contribution >= 4 is 35.1 Å². The number of carbonyl (C=O) groups is 2. The van der Waals surface area contributed by atoms with Crippen LogP contribution in [0.3, 0.4) is 0 Å². The molecule has 0 aromatic carbocycles. The maximum atomic E-state index is 12.6. The summed E-state index contributed by atoms with van der Waals surface area (Å²) in [5.74, 6) is -0.311. The number of fused-ring (bicyclic) bond motifs is 1. The van der Waals surface area contributed by atoms with Crippen molar-refractivity contribution in [2.45, 2.75) is 25.3 Å². The van der Waals surface area contributed by atoms with Gasteiger partial charge in [0, 0.05) is 25.9 Å². The zero-order valence-corrected chi connectivity index (χ0v) is 14.2. The van der Waals surface area contributed by atoms with Gasteiger partial charge in [-0.1, -0.05) is 17.7 Å². The van der Waals surface area contributed by atoms with Crippen LogP contribution < -0.4 is 5.32 Å². The number of halogens is 1. The van der Waals surface area contributed by atoms with Crippen LogP contribution in [0, 0.1) is 0 Å². The minimum Gasteiger partial charge on any atom is -0.357 e. The third-order valence-corrected chi connectivity index (χ3v) is 4.52. The summed E-state index contributed by atoms with van der Waals surface area (Å²) >= 11 is 6.17. The Labute approximate surface area is 145 Å². The molecule has 24 heavy (non-hydrogen) atoms. The molecule has 0 saturated carbocycles. The van der Waals surface area contributed by atoms with Gasteiger partial charge in [-0.25, -0.2) is 4.98 Å². The Morgan fingerprint density at radius 1 is 1.38 bits per heavy atom. The lowest BCUT2D eigenvalue weighted by molar-refractivity contribution is -0.138. The molecule has 1 atom stereocenters. The van der Waals surface area contributed by atoms with Gasteiger partial charge in [-0.05, 0) is 37.5 Å². The van der Waals surface area contributed by atoms with Crippen LogP contribution >= 0.6 is 11.6 Å². The van der Waals surface area contributed by atoms with Crippen LogP contribution in [0.2, 0.25) is 5.15 Å². The van der Waals surface area contributed by atoms with E-state index in [9.17, 15) is 9.59 Å². The van der Waals surface area contributed by atoms with Gasteiger partial charge in [-0.2, -0.15) is 0 Å². The molecule has 0 bridgehead atoms. The van der Waals surface area contributed by atoms with Gasteiger partial charge in [0.2, 0.25) is 11.8 Å². The Bertz CT molecular complexity index is 799. The van der Waals surface area contributed by atoms with Crippen LogP contribution in [-0.2, 0) is 9.59 Å². The molecule has 2 amide bonds. The minimum atomic E-state index is -0.404. The molecule has 1 aliphatic heterocycles. The van der Waals surface area contributed by atoms with Crippen LogP contribution in [0.5, 0.6) is 0 Å². The van der Waals surface area contributed by atoms with Crippen molar-refractivity contribution in [3.8, 4) is 0 Å². The molecular formula is C17H19ClN4O2. The van der Waals surface area contributed by atoms with E-state index in [-0.39, 0.29) is 11.8 Å². The molecule has 0 spiro atoms. The van der Waals surface area contributed by atoms with E-state index in [1.807, 2.05) is 28.8 Å². The van der Waals surface area contributed by atoms with Crippen molar-refractivity contribution in [1.29, 1.82) is 0 Å². The average molecular weight is 347 g/mol. The molecule has 126 valence electrons. The number of piperidine rings is 1. The zero-order valence-electron chi connectivity index (χ0n) is 13.4. The summed E-state index contributed by atoms with van der Waals surface area (Å²) in [5.41, 5.74) is 1.37. The van der Waals surface area contributed by atoms with Gasteiger partial charge in [-0.3, -0.25) is 14.0 Å². The fraction of sp³-hybridized carbons (Fsp3) is 0.353. The lowest BCUT2D eigenvalue weighted by Gasteiger charge is -2.33. The second kappa shape index (κ2) is 7.05. The second-order valence-corrected chi connectivity index (χ2v) is 6.07. The minimum absolute atomic E-state index is 0.121. The van der Waals surface area contributed by atoms with E-state index in [1.165, 1.54) is 6.08 Å². The molecule has 3 rings (SSSR count). The molecule has 1 saturated heterocycles. The number of nitrogens with zero attached hydrogens (tertiary/aromatic N) is 3. The molecule has 1 aliphatic rings. The lowest BCUT2D eigenvalue weighted by Crippen LogP contribution is -2.50.